The maximum atomic E-state index is 13.0. The van der Waals surface area contributed by atoms with E-state index in [9.17, 15) is 9.59 Å². The van der Waals surface area contributed by atoms with E-state index in [1.165, 1.54) is 30.5 Å². The zero-order valence-corrected chi connectivity index (χ0v) is 20.9. The number of hydrogen-bond donors (Lipinski definition) is 1. The number of pyridine rings is 1. The molecule has 0 spiro atoms. The van der Waals surface area contributed by atoms with Gasteiger partial charge in [0.15, 0.2) is 0 Å². The van der Waals surface area contributed by atoms with Crippen LogP contribution < -0.4 is 5.32 Å². The van der Waals surface area contributed by atoms with Crippen LogP contribution in [-0.4, -0.2) is 28.7 Å². The molecule has 2 saturated carbocycles. The number of piperidine rings is 1. The van der Waals surface area contributed by atoms with Gasteiger partial charge in [0.25, 0.3) is 0 Å². The fourth-order valence-electron chi connectivity index (χ4n) is 8.61. The van der Waals surface area contributed by atoms with E-state index in [0.29, 0.717) is 36.5 Å². The first-order chi connectivity index (χ1) is 15.6. The molecule has 0 radical (unpaired) electrons. The highest BCUT2D eigenvalue weighted by atomic mass is 16.2. The Hall–Kier alpha value is -2.17. The normalized spacial score (nSPS) is 38.0. The number of allylic oxidation sites excluding steroid dienone is 2. The van der Waals surface area contributed by atoms with Crippen LogP contribution in [0.5, 0.6) is 0 Å². The summed E-state index contributed by atoms with van der Waals surface area (Å²) in [5.41, 5.74) is 4.86. The average molecular weight is 450 g/mol. The standard InChI is InChI=1S/C28H39N3O2/c1-17-14-21-22-7-6-19(16-24(32)30-20-10-13-29-18(2)15-20)27(22,3)11-8-23(21)28(4)12-9-25(33)31(5)26(17)28/h10,13,15,19,21-23H,6-9,11-12,14,16H2,1-5H3,(H,29,30,32). The highest BCUT2D eigenvalue weighted by Crippen LogP contribution is 2.67. The van der Waals surface area contributed by atoms with Crippen LogP contribution in [-0.2, 0) is 9.59 Å². The van der Waals surface area contributed by atoms with Gasteiger partial charge < -0.3 is 10.2 Å². The minimum absolute atomic E-state index is 0.117. The van der Waals surface area contributed by atoms with E-state index in [4.69, 9.17) is 0 Å². The number of nitrogens with zero attached hydrogens (tertiary/aromatic N) is 2. The molecule has 2 heterocycles. The summed E-state index contributed by atoms with van der Waals surface area (Å²) >= 11 is 0. The van der Waals surface area contributed by atoms with Gasteiger partial charge in [0.05, 0.1) is 0 Å². The smallest absolute Gasteiger partial charge is 0.226 e. The Labute approximate surface area is 198 Å². The van der Waals surface area contributed by atoms with Crippen molar-refractivity contribution in [1.82, 2.24) is 9.88 Å². The molecule has 4 aliphatic rings. The molecule has 3 aliphatic carbocycles. The van der Waals surface area contributed by atoms with E-state index >= 15 is 0 Å². The van der Waals surface area contributed by atoms with Crippen LogP contribution in [0.1, 0.15) is 77.8 Å². The summed E-state index contributed by atoms with van der Waals surface area (Å²) < 4.78 is 0. The van der Waals surface area contributed by atoms with Gasteiger partial charge in [-0.25, -0.2) is 0 Å². The summed E-state index contributed by atoms with van der Waals surface area (Å²) in [7, 11) is 1.99. The molecule has 2 amide bonds. The topological polar surface area (TPSA) is 62.3 Å². The Morgan fingerprint density at radius 1 is 1.18 bits per heavy atom. The molecule has 5 rings (SSSR count). The minimum Gasteiger partial charge on any atom is -0.326 e. The Bertz CT molecular complexity index is 1020. The highest BCUT2D eigenvalue weighted by Gasteiger charge is 2.60. The number of carbonyl (C=O) groups is 2. The molecule has 5 heteroatoms. The maximum Gasteiger partial charge on any atom is 0.226 e. The van der Waals surface area contributed by atoms with E-state index in [1.54, 1.807) is 6.20 Å². The molecular formula is C28H39N3O2. The number of anilines is 1. The zero-order valence-electron chi connectivity index (χ0n) is 20.9. The average Bonchev–Trinajstić information content (AvgIpc) is 3.07. The van der Waals surface area contributed by atoms with E-state index in [0.717, 1.165) is 30.6 Å². The molecule has 3 fully saturated rings. The van der Waals surface area contributed by atoms with Crippen LogP contribution in [0.25, 0.3) is 0 Å². The number of rotatable bonds is 3. The Kier molecular flexibility index (Phi) is 5.45. The second-order valence-electron chi connectivity index (χ2n) is 11.8. The van der Waals surface area contributed by atoms with E-state index in [1.807, 2.05) is 31.0 Å². The monoisotopic (exact) mass is 449 g/mol. The van der Waals surface area contributed by atoms with E-state index in [-0.39, 0.29) is 22.6 Å². The van der Waals surface area contributed by atoms with Gasteiger partial charge in [-0.1, -0.05) is 19.4 Å². The van der Waals surface area contributed by atoms with Crippen molar-refractivity contribution in [2.75, 3.05) is 12.4 Å². The third-order valence-corrected chi connectivity index (χ3v) is 10.1. The van der Waals surface area contributed by atoms with Crippen LogP contribution >= 0.6 is 0 Å². The molecule has 0 bridgehead atoms. The number of aromatic nitrogens is 1. The maximum absolute atomic E-state index is 13.0. The van der Waals surface area contributed by atoms with Crippen molar-refractivity contribution in [1.29, 1.82) is 0 Å². The lowest BCUT2D eigenvalue weighted by atomic mass is 9.48. The summed E-state index contributed by atoms with van der Waals surface area (Å²) in [5, 5.41) is 3.11. The third kappa shape index (κ3) is 3.54. The molecule has 5 nitrogen and oxygen atoms in total. The number of fused-ring (bicyclic) bond motifs is 5. The van der Waals surface area contributed by atoms with Gasteiger partial charge in [-0.15, -0.1) is 0 Å². The van der Waals surface area contributed by atoms with Crippen molar-refractivity contribution in [3.8, 4) is 0 Å². The molecule has 178 valence electrons. The number of hydrogen-bond acceptors (Lipinski definition) is 3. The second-order valence-corrected chi connectivity index (χ2v) is 11.8. The van der Waals surface area contributed by atoms with Crippen LogP contribution in [0.15, 0.2) is 29.6 Å². The van der Waals surface area contributed by atoms with Gasteiger partial charge in [-0.05, 0) is 93.6 Å². The molecule has 1 N–H and O–H groups in total. The van der Waals surface area contributed by atoms with Crippen LogP contribution in [0, 0.1) is 41.4 Å². The summed E-state index contributed by atoms with van der Waals surface area (Å²) in [4.78, 5) is 31.6. The molecule has 1 aromatic rings. The Morgan fingerprint density at radius 2 is 1.97 bits per heavy atom. The van der Waals surface area contributed by atoms with Crippen molar-refractivity contribution in [3.05, 3.63) is 35.3 Å². The van der Waals surface area contributed by atoms with Crippen LogP contribution in [0.2, 0.25) is 0 Å². The fraction of sp³-hybridized carbons (Fsp3) is 0.679. The van der Waals surface area contributed by atoms with Gasteiger partial charge in [-0.3, -0.25) is 14.6 Å². The number of amides is 2. The largest absolute Gasteiger partial charge is 0.326 e. The molecule has 1 aromatic heterocycles. The van der Waals surface area contributed by atoms with Gasteiger partial charge in [-0.2, -0.15) is 0 Å². The second kappa shape index (κ2) is 7.95. The summed E-state index contributed by atoms with van der Waals surface area (Å²) in [6.07, 6.45) is 9.94. The Balaban J connectivity index is 1.35. The van der Waals surface area contributed by atoms with Gasteiger partial charge in [0.1, 0.15) is 0 Å². The van der Waals surface area contributed by atoms with Gasteiger partial charge in [0.2, 0.25) is 11.8 Å². The SMILES string of the molecule is CC1=C2N(C)C(=O)CCC2(C)C2CCC3(C)C(CC(=O)Nc4ccnc(C)c4)CCC3C2C1. The van der Waals surface area contributed by atoms with Crippen molar-refractivity contribution in [2.45, 2.75) is 79.1 Å². The van der Waals surface area contributed by atoms with Crippen molar-refractivity contribution in [3.63, 3.8) is 0 Å². The first kappa shape index (κ1) is 22.6. The molecule has 6 atom stereocenters. The highest BCUT2D eigenvalue weighted by molar-refractivity contribution is 5.90. The predicted octanol–water partition coefficient (Wildman–Crippen LogP) is 5.71. The first-order valence-corrected chi connectivity index (χ1v) is 12.8. The fourth-order valence-corrected chi connectivity index (χ4v) is 8.61. The van der Waals surface area contributed by atoms with Crippen molar-refractivity contribution in [2.24, 2.45) is 34.5 Å². The zero-order chi connectivity index (χ0) is 23.5. The lowest BCUT2D eigenvalue weighted by molar-refractivity contribution is -0.136. The molecule has 6 unspecified atom stereocenters. The predicted molar refractivity (Wildman–Crippen MR) is 130 cm³/mol. The number of aryl methyl sites for hydroxylation is 1. The van der Waals surface area contributed by atoms with E-state index in [2.05, 4.69) is 31.1 Å². The van der Waals surface area contributed by atoms with Gasteiger partial charge >= 0.3 is 0 Å². The molecule has 1 saturated heterocycles. The summed E-state index contributed by atoms with van der Waals surface area (Å²) in [5.74, 6) is 2.86. The number of likely N-dealkylation sites (tertiary alicyclic amines) is 1. The Morgan fingerprint density at radius 3 is 2.73 bits per heavy atom. The van der Waals surface area contributed by atoms with Crippen LogP contribution in [0.3, 0.4) is 0 Å². The molecule has 0 aromatic carbocycles. The van der Waals surface area contributed by atoms with Crippen molar-refractivity contribution < 1.29 is 9.59 Å². The third-order valence-electron chi connectivity index (χ3n) is 10.1. The van der Waals surface area contributed by atoms with Gasteiger partial charge in [0, 0.05) is 48.6 Å². The number of nitrogens with one attached hydrogen (secondary N) is 1. The van der Waals surface area contributed by atoms with Crippen molar-refractivity contribution >= 4 is 17.5 Å². The molecular weight excluding hydrogens is 410 g/mol. The lowest BCUT2D eigenvalue weighted by Gasteiger charge is -2.59. The molecule has 1 aliphatic heterocycles. The van der Waals surface area contributed by atoms with E-state index < -0.39 is 0 Å². The number of carbonyl (C=O) groups excluding carboxylic acids is 2. The summed E-state index contributed by atoms with van der Waals surface area (Å²) in [6.45, 7) is 9.12. The summed E-state index contributed by atoms with van der Waals surface area (Å²) in [6, 6.07) is 3.81. The lowest BCUT2D eigenvalue weighted by Crippen LogP contribution is -2.54. The minimum atomic E-state index is 0.117. The molecule has 33 heavy (non-hydrogen) atoms. The quantitative estimate of drug-likeness (QED) is 0.642. The van der Waals surface area contributed by atoms with Crippen LogP contribution in [0.4, 0.5) is 5.69 Å². The first-order valence-electron chi connectivity index (χ1n) is 12.8.